The number of nitrogens with two attached hydrogens (primary N) is 1. The third kappa shape index (κ3) is 3.80. The average Bonchev–Trinajstić information content (AvgIpc) is 2.44. The van der Waals surface area contributed by atoms with Gasteiger partial charge in [-0.3, -0.25) is 4.79 Å². The number of amides is 1. The molecule has 5 nitrogen and oxygen atoms in total. The quantitative estimate of drug-likeness (QED) is 0.829. The second kappa shape index (κ2) is 6.37. The number of benzene rings is 1. The van der Waals surface area contributed by atoms with Gasteiger partial charge in [0.2, 0.25) is 0 Å². The Balaban J connectivity index is 2.94. The van der Waals surface area contributed by atoms with Gasteiger partial charge in [-0.2, -0.15) is 0 Å². The Morgan fingerprint density at radius 1 is 1.20 bits per heavy atom. The number of sulfone groups is 1. The number of carbonyl (C=O) groups is 1. The zero-order valence-corrected chi connectivity index (χ0v) is 13.0. The first-order valence-electron chi connectivity index (χ1n) is 6.60. The molecule has 0 radical (unpaired) electrons. The average molecular weight is 298 g/mol. The molecular weight excluding hydrogens is 276 g/mol. The van der Waals surface area contributed by atoms with Gasteiger partial charge in [-0.25, -0.2) is 8.42 Å². The number of rotatable bonds is 6. The van der Waals surface area contributed by atoms with Gasteiger partial charge >= 0.3 is 0 Å². The van der Waals surface area contributed by atoms with E-state index in [0.29, 0.717) is 12.1 Å². The lowest BCUT2D eigenvalue weighted by atomic mass is 9.92. The molecule has 3 N–H and O–H groups in total. The Morgan fingerprint density at radius 3 is 2.05 bits per heavy atom. The zero-order chi connectivity index (χ0) is 15.4. The van der Waals surface area contributed by atoms with Crippen molar-refractivity contribution in [3.05, 3.63) is 29.8 Å². The molecule has 1 aromatic rings. The molecule has 0 atom stereocenters. The van der Waals surface area contributed by atoms with Crippen LogP contribution < -0.4 is 11.1 Å². The molecule has 1 rings (SSSR count). The fraction of sp³-hybridized carbons (Fsp3) is 0.500. The Hall–Kier alpha value is -1.40. The van der Waals surface area contributed by atoms with Crippen LogP contribution in [0, 0.1) is 0 Å². The molecular formula is C14H22N2O3S. The zero-order valence-electron chi connectivity index (χ0n) is 12.1. The van der Waals surface area contributed by atoms with Crippen molar-refractivity contribution in [1.29, 1.82) is 0 Å². The maximum atomic E-state index is 12.2. The van der Waals surface area contributed by atoms with Gasteiger partial charge in [0.25, 0.3) is 5.91 Å². The van der Waals surface area contributed by atoms with Crippen molar-refractivity contribution in [3.63, 3.8) is 0 Å². The van der Waals surface area contributed by atoms with Gasteiger partial charge in [-0.1, -0.05) is 13.8 Å². The monoisotopic (exact) mass is 298 g/mol. The van der Waals surface area contributed by atoms with E-state index in [4.69, 9.17) is 5.73 Å². The second-order valence-corrected chi connectivity index (χ2v) is 6.96. The van der Waals surface area contributed by atoms with Crippen LogP contribution in [-0.4, -0.2) is 32.7 Å². The molecule has 0 aliphatic heterocycles. The molecule has 0 fully saturated rings. The fourth-order valence-electron chi connectivity index (χ4n) is 1.93. The van der Waals surface area contributed by atoms with Crippen molar-refractivity contribution in [2.24, 2.45) is 5.73 Å². The first kappa shape index (κ1) is 16.7. The topological polar surface area (TPSA) is 89.3 Å². The molecule has 20 heavy (non-hydrogen) atoms. The van der Waals surface area contributed by atoms with Crippen LogP contribution in [0.5, 0.6) is 0 Å². The van der Waals surface area contributed by atoms with Crippen LogP contribution in [0.15, 0.2) is 29.2 Å². The van der Waals surface area contributed by atoms with Gasteiger partial charge in [-0.15, -0.1) is 0 Å². The smallest absolute Gasteiger partial charge is 0.251 e. The SMILES string of the molecule is CCC(CC)(CN)NC(=O)c1ccc(S(C)(=O)=O)cc1. The van der Waals surface area contributed by atoms with Crippen LogP contribution in [0.3, 0.4) is 0 Å². The van der Waals surface area contributed by atoms with E-state index in [1.54, 1.807) is 0 Å². The second-order valence-electron chi connectivity index (χ2n) is 4.94. The Labute approximate surface area is 120 Å². The summed E-state index contributed by atoms with van der Waals surface area (Å²) in [4.78, 5) is 12.4. The molecule has 0 saturated heterocycles. The van der Waals surface area contributed by atoms with Crippen molar-refractivity contribution in [1.82, 2.24) is 5.32 Å². The lowest BCUT2D eigenvalue weighted by Crippen LogP contribution is -2.52. The van der Waals surface area contributed by atoms with Crippen molar-refractivity contribution in [2.45, 2.75) is 37.1 Å². The largest absolute Gasteiger partial charge is 0.345 e. The first-order chi connectivity index (χ1) is 9.28. The highest BCUT2D eigenvalue weighted by Crippen LogP contribution is 2.15. The molecule has 0 aromatic heterocycles. The summed E-state index contributed by atoms with van der Waals surface area (Å²) in [7, 11) is -3.25. The molecule has 0 spiro atoms. The van der Waals surface area contributed by atoms with Crippen molar-refractivity contribution >= 4 is 15.7 Å². The summed E-state index contributed by atoms with van der Waals surface area (Å²) in [6, 6.07) is 5.90. The standard InChI is InChI=1S/C14H22N2O3S/c1-4-14(5-2,10-15)16-13(17)11-6-8-12(9-7-11)20(3,18)19/h6-9H,4-5,10,15H2,1-3H3,(H,16,17). The fourth-order valence-corrected chi connectivity index (χ4v) is 2.56. The molecule has 0 unspecified atom stereocenters. The van der Waals surface area contributed by atoms with Crippen molar-refractivity contribution in [2.75, 3.05) is 12.8 Å². The highest BCUT2D eigenvalue weighted by molar-refractivity contribution is 7.90. The van der Waals surface area contributed by atoms with Gasteiger partial charge in [-0.05, 0) is 37.1 Å². The minimum atomic E-state index is -3.25. The van der Waals surface area contributed by atoms with E-state index in [9.17, 15) is 13.2 Å². The normalized spacial score (nSPS) is 12.2. The van der Waals surface area contributed by atoms with Crippen LogP contribution in [0.1, 0.15) is 37.0 Å². The van der Waals surface area contributed by atoms with Crippen LogP contribution in [0.2, 0.25) is 0 Å². The summed E-state index contributed by atoms with van der Waals surface area (Å²) in [6.07, 6.45) is 2.62. The third-order valence-corrected chi connectivity index (χ3v) is 4.80. The van der Waals surface area contributed by atoms with Gasteiger partial charge in [0.15, 0.2) is 9.84 Å². The van der Waals surface area contributed by atoms with Gasteiger partial charge in [0, 0.05) is 18.4 Å². The summed E-state index contributed by atoms with van der Waals surface area (Å²) in [5.41, 5.74) is 5.76. The summed E-state index contributed by atoms with van der Waals surface area (Å²) in [5, 5.41) is 2.94. The van der Waals surface area contributed by atoms with Crippen LogP contribution in [-0.2, 0) is 9.84 Å². The van der Waals surface area contributed by atoms with Crippen molar-refractivity contribution < 1.29 is 13.2 Å². The molecule has 0 aliphatic rings. The Bertz CT molecular complexity index is 552. The van der Waals surface area contributed by atoms with Crippen LogP contribution in [0.4, 0.5) is 0 Å². The number of carbonyl (C=O) groups excluding carboxylic acids is 1. The molecule has 1 aromatic carbocycles. The van der Waals surface area contributed by atoms with Gasteiger partial charge < -0.3 is 11.1 Å². The summed E-state index contributed by atoms with van der Waals surface area (Å²) in [6.45, 7) is 4.32. The van der Waals surface area contributed by atoms with E-state index < -0.39 is 15.4 Å². The van der Waals surface area contributed by atoms with E-state index >= 15 is 0 Å². The Kier molecular flexibility index (Phi) is 5.30. The molecule has 1 amide bonds. The predicted molar refractivity (Wildman–Crippen MR) is 79.4 cm³/mol. The minimum absolute atomic E-state index is 0.199. The first-order valence-corrected chi connectivity index (χ1v) is 8.50. The highest BCUT2D eigenvalue weighted by Gasteiger charge is 2.26. The van der Waals surface area contributed by atoms with E-state index in [2.05, 4.69) is 5.32 Å². The molecule has 0 saturated carbocycles. The van der Waals surface area contributed by atoms with Gasteiger partial charge in [0.1, 0.15) is 0 Å². The maximum absolute atomic E-state index is 12.2. The molecule has 0 aliphatic carbocycles. The number of nitrogens with one attached hydrogen (secondary N) is 1. The van der Waals surface area contributed by atoms with E-state index in [0.717, 1.165) is 19.1 Å². The summed E-state index contributed by atoms with van der Waals surface area (Å²) < 4.78 is 22.7. The molecule has 0 bridgehead atoms. The van der Waals surface area contributed by atoms with E-state index in [1.165, 1.54) is 24.3 Å². The molecule has 112 valence electrons. The van der Waals surface area contributed by atoms with Crippen LogP contribution in [0.25, 0.3) is 0 Å². The Morgan fingerprint density at radius 2 is 1.70 bits per heavy atom. The third-order valence-electron chi connectivity index (χ3n) is 3.67. The molecule has 0 heterocycles. The minimum Gasteiger partial charge on any atom is -0.345 e. The van der Waals surface area contributed by atoms with E-state index in [-0.39, 0.29) is 10.8 Å². The maximum Gasteiger partial charge on any atom is 0.251 e. The van der Waals surface area contributed by atoms with Gasteiger partial charge in [0.05, 0.1) is 10.4 Å². The number of hydrogen-bond donors (Lipinski definition) is 2. The summed E-state index contributed by atoms with van der Waals surface area (Å²) >= 11 is 0. The van der Waals surface area contributed by atoms with Crippen molar-refractivity contribution in [3.8, 4) is 0 Å². The lowest BCUT2D eigenvalue weighted by molar-refractivity contribution is 0.0895. The summed E-state index contributed by atoms with van der Waals surface area (Å²) in [5.74, 6) is -0.237. The lowest BCUT2D eigenvalue weighted by Gasteiger charge is -2.31. The number of hydrogen-bond acceptors (Lipinski definition) is 4. The van der Waals surface area contributed by atoms with E-state index in [1.807, 2.05) is 13.8 Å². The van der Waals surface area contributed by atoms with Crippen LogP contribution >= 0.6 is 0 Å². The molecule has 6 heteroatoms. The highest BCUT2D eigenvalue weighted by atomic mass is 32.2. The predicted octanol–water partition coefficient (Wildman–Crippen LogP) is 1.34.